The van der Waals surface area contributed by atoms with Crippen molar-refractivity contribution < 1.29 is 14.3 Å². The number of hydrogen-bond acceptors (Lipinski definition) is 7. The van der Waals surface area contributed by atoms with Gasteiger partial charge in [-0.15, -0.1) is 10.0 Å². The van der Waals surface area contributed by atoms with Crippen molar-refractivity contribution in [1.29, 1.82) is 5.53 Å². The number of amides is 3. The lowest BCUT2D eigenvalue weighted by molar-refractivity contribution is -0.121. The Balaban J connectivity index is 2.28. The molecule has 2 rings (SSSR count). The van der Waals surface area contributed by atoms with E-state index in [0.29, 0.717) is 12.8 Å². The van der Waals surface area contributed by atoms with Gasteiger partial charge < -0.3 is 15.0 Å². The molecule has 0 aromatic heterocycles. The normalized spacial score (nSPS) is 15.8. The largest absolute Gasteiger partial charge is 0.495 e. The van der Waals surface area contributed by atoms with Gasteiger partial charge in [-0.05, 0) is 50.8 Å². The lowest BCUT2D eigenvalue weighted by Gasteiger charge is -2.34. The van der Waals surface area contributed by atoms with E-state index in [0.717, 1.165) is 34.6 Å². The lowest BCUT2D eigenvalue weighted by Crippen LogP contribution is -2.52. The van der Waals surface area contributed by atoms with Gasteiger partial charge in [-0.2, -0.15) is 0 Å². The first-order valence-corrected chi connectivity index (χ1v) is 12.2. The number of nitrogens with zero attached hydrogens (tertiary/aromatic N) is 4. The maximum absolute atomic E-state index is 13.5. The lowest BCUT2D eigenvalue weighted by atomic mass is 10.0. The molecule has 1 aliphatic carbocycles. The first-order chi connectivity index (χ1) is 17.1. The fraction of sp³-hybridized carbons (Fsp3) is 0.538. The third-order valence-corrected chi connectivity index (χ3v) is 6.21. The second-order valence-electron chi connectivity index (χ2n) is 9.37. The molecule has 1 unspecified atom stereocenters. The van der Waals surface area contributed by atoms with Gasteiger partial charge in [-0.3, -0.25) is 9.69 Å². The molecule has 0 aliphatic heterocycles. The van der Waals surface area contributed by atoms with E-state index in [-0.39, 0.29) is 19.2 Å². The van der Waals surface area contributed by atoms with Crippen LogP contribution in [0.4, 0.5) is 4.79 Å². The van der Waals surface area contributed by atoms with E-state index in [1.807, 2.05) is 51.1 Å². The Morgan fingerprint density at radius 1 is 1.17 bits per heavy atom. The molecular formula is C26H38N6O4. The predicted octanol–water partition coefficient (Wildman–Crippen LogP) is 5.45. The van der Waals surface area contributed by atoms with Crippen LogP contribution in [-0.2, 0) is 16.1 Å². The van der Waals surface area contributed by atoms with Crippen molar-refractivity contribution in [3.05, 3.63) is 63.4 Å². The summed E-state index contributed by atoms with van der Waals surface area (Å²) in [5, 5.41) is 9.43. The summed E-state index contributed by atoms with van der Waals surface area (Å²) in [7, 11) is 1.55. The molecule has 10 nitrogen and oxygen atoms in total. The Kier molecular flexibility index (Phi) is 10.8. The van der Waals surface area contributed by atoms with Gasteiger partial charge in [0.2, 0.25) is 6.29 Å². The molecular weight excluding hydrogens is 460 g/mol. The van der Waals surface area contributed by atoms with Gasteiger partial charge in [-0.25, -0.2) is 10.3 Å². The Morgan fingerprint density at radius 3 is 2.39 bits per heavy atom. The summed E-state index contributed by atoms with van der Waals surface area (Å²) < 4.78 is 6.02. The van der Waals surface area contributed by atoms with Crippen molar-refractivity contribution in [1.82, 2.24) is 15.1 Å². The van der Waals surface area contributed by atoms with Crippen molar-refractivity contribution >= 4 is 11.9 Å². The first kappa shape index (κ1) is 28.7. The third kappa shape index (κ3) is 8.00. The van der Waals surface area contributed by atoms with E-state index in [4.69, 9.17) is 10.3 Å². The van der Waals surface area contributed by atoms with Gasteiger partial charge in [0.15, 0.2) is 0 Å². The highest BCUT2D eigenvalue weighted by atomic mass is 16.5. The molecule has 0 spiro atoms. The summed E-state index contributed by atoms with van der Waals surface area (Å²) in [5.74, 6) is -0.608. The summed E-state index contributed by atoms with van der Waals surface area (Å²) >= 11 is 0. The average molecular weight is 499 g/mol. The molecule has 3 atom stereocenters. The Bertz CT molecular complexity index is 1000. The fourth-order valence-electron chi connectivity index (χ4n) is 3.82. The molecule has 0 fully saturated rings. The predicted molar refractivity (Wildman–Crippen MR) is 138 cm³/mol. The number of aryl methyl sites for hydroxylation is 1. The van der Waals surface area contributed by atoms with Crippen molar-refractivity contribution in [2.45, 2.75) is 72.8 Å². The molecule has 196 valence electrons. The number of benzene rings is 1. The summed E-state index contributed by atoms with van der Waals surface area (Å²) in [6.07, 6.45) is 3.43. The van der Waals surface area contributed by atoms with Gasteiger partial charge in [0, 0.05) is 30.9 Å². The highest BCUT2D eigenvalue weighted by Crippen LogP contribution is 2.26. The van der Waals surface area contributed by atoms with Crippen molar-refractivity contribution in [2.24, 2.45) is 16.2 Å². The Morgan fingerprint density at radius 2 is 1.83 bits per heavy atom. The van der Waals surface area contributed by atoms with E-state index in [1.54, 1.807) is 14.0 Å². The minimum absolute atomic E-state index is 0.0133. The topological polar surface area (TPSA) is 128 Å². The van der Waals surface area contributed by atoms with Crippen molar-refractivity contribution in [3.8, 4) is 0 Å². The van der Waals surface area contributed by atoms with Crippen LogP contribution < -0.4 is 5.32 Å². The van der Waals surface area contributed by atoms with E-state index < -0.39 is 24.1 Å². The molecule has 0 bridgehead atoms. The van der Waals surface area contributed by atoms with Crippen LogP contribution in [0.25, 0.3) is 0 Å². The van der Waals surface area contributed by atoms with E-state index in [1.165, 1.54) is 9.80 Å². The second-order valence-corrected chi connectivity index (χ2v) is 9.37. The van der Waals surface area contributed by atoms with Crippen LogP contribution in [0.1, 0.15) is 58.1 Å². The van der Waals surface area contributed by atoms with Crippen LogP contribution in [0.2, 0.25) is 0 Å². The quantitative estimate of drug-likeness (QED) is 0.225. The zero-order valence-electron chi connectivity index (χ0n) is 22.1. The molecule has 0 saturated carbocycles. The van der Waals surface area contributed by atoms with Crippen LogP contribution in [0, 0.1) is 23.3 Å². The van der Waals surface area contributed by atoms with E-state index in [9.17, 15) is 14.5 Å². The van der Waals surface area contributed by atoms with Crippen LogP contribution in [0.15, 0.2) is 57.7 Å². The van der Waals surface area contributed by atoms with Gasteiger partial charge in [-0.1, -0.05) is 43.7 Å². The van der Waals surface area contributed by atoms with Crippen molar-refractivity contribution in [2.75, 3.05) is 13.6 Å². The molecule has 0 saturated heterocycles. The summed E-state index contributed by atoms with van der Waals surface area (Å²) in [6.45, 7) is 9.83. The standard InChI is InChI=1S/C26H38N6O4/c1-7-20(5)36-23-13-12-22(14-18(23)3)28-25(29-27)32(16-21-10-8-17(2)9-11-21)26(34)31(6)15-19(4)24(33)30-35/h8-11,14,19-20,25,27-28H,7,12-13,15-16H2,1-6H3/t19-,20+,25?/m0/s1. The van der Waals surface area contributed by atoms with Gasteiger partial charge in [0.25, 0.3) is 5.91 Å². The number of urea groups is 1. The number of ether oxygens (including phenoxy) is 1. The maximum atomic E-state index is 13.5. The van der Waals surface area contributed by atoms with Crippen molar-refractivity contribution in [3.63, 3.8) is 0 Å². The highest BCUT2D eigenvalue weighted by Gasteiger charge is 2.29. The molecule has 10 heteroatoms. The summed E-state index contributed by atoms with van der Waals surface area (Å²) in [4.78, 5) is 38.5. The van der Waals surface area contributed by atoms with Gasteiger partial charge in [0.1, 0.15) is 0 Å². The molecule has 2 N–H and O–H groups in total. The molecule has 0 heterocycles. The summed E-state index contributed by atoms with van der Waals surface area (Å²) in [6, 6.07) is 7.32. The molecule has 1 aromatic carbocycles. The number of hydrogen-bond donors (Lipinski definition) is 2. The van der Waals surface area contributed by atoms with E-state index >= 15 is 0 Å². The molecule has 0 radical (unpaired) electrons. The number of rotatable bonds is 12. The average Bonchev–Trinajstić information content (AvgIpc) is 2.87. The minimum atomic E-state index is -0.965. The Hall–Kier alpha value is -3.56. The minimum Gasteiger partial charge on any atom is -0.495 e. The highest BCUT2D eigenvalue weighted by molar-refractivity contribution is 5.80. The van der Waals surface area contributed by atoms with Crippen LogP contribution in [0.5, 0.6) is 0 Å². The SMILES string of the molecule is CC[C@@H](C)OC1=C(C)C=C(NC(N=N)N(Cc2ccc(C)cc2)C(=O)N(C)C[C@H](C)C(=O)N=O)CC1. The number of nitroso groups, excluding NO2 is 1. The maximum Gasteiger partial charge on any atom is 0.323 e. The zero-order valence-corrected chi connectivity index (χ0v) is 22.1. The molecule has 1 aromatic rings. The number of allylic oxidation sites excluding steroid dienone is 4. The number of carbonyl (C=O) groups excluding carboxylic acids is 2. The fourth-order valence-corrected chi connectivity index (χ4v) is 3.82. The van der Waals surface area contributed by atoms with Crippen LogP contribution >= 0.6 is 0 Å². The Labute approximate surface area is 213 Å². The molecule has 36 heavy (non-hydrogen) atoms. The number of nitrogens with one attached hydrogen (secondary N) is 2. The summed E-state index contributed by atoms with van der Waals surface area (Å²) in [5.41, 5.74) is 11.7. The van der Waals surface area contributed by atoms with Crippen LogP contribution in [0.3, 0.4) is 0 Å². The molecule has 1 aliphatic rings. The van der Waals surface area contributed by atoms with Crippen LogP contribution in [-0.4, -0.2) is 47.7 Å². The smallest absolute Gasteiger partial charge is 0.323 e. The monoisotopic (exact) mass is 498 g/mol. The number of carbonyl (C=O) groups is 2. The van der Waals surface area contributed by atoms with Gasteiger partial charge in [0.05, 0.1) is 24.3 Å². The third-order valence-electron chi connectivity index (χ3n) is 6.21. The second kappa shape index (κ2) is 13.5. The van der Waals surface area contributed by atoms with Gasteiger partial charge >= 0.3 is 6.03 Å². The first-order valence-electron chi connectivity index (χ1n) is 12.2. The zero-order chi connectivity index (χ0) is 26.8. The van der Waals surface area contributed by atoms with E-state index in [2.05, 4.69) is 22.5 Å². The molecule has 3 amide bonds.